The highest BCUT2D eigenvalue weighted by Gasteiger charge is 2.35. The number of likely N-dealkylation sites (tertiary alicyclic amines) is 1. The number of hydrogen-bond acceptors (Lipinski definition) is 7. The highest BCUT2D eigenvalue weighted by Crippen LogP contribution is 2.24. The van der Waals surface area contributed by atoms with Crippen LogP contribution in [0.25, 0.3) is 0 Å². The van der Waals surface area contributed by atoms with Crippen LogP contribution in [0.1, 0.15) is 55.9 Å². The first-order chi connectivity index (χ1) is 17.6. The van der Waals surface area contributed by atoms with E-state index < -0.39 is 0 Å². The molecule has 1 aliphatic heterocycles. The first-order valence-corrected chi connectivity index (χ1v) is 12.4. The van der Waals surface area contributed by atoms with Gasteiger partial charge in [-0.2, -0.15) is 0 Å². The number of rotatable bonds is 8. The fourth-order valence-corrected chi connectivity index (χ4v) is 4.11. The Morgan fingerprint density at radius 2 is 1.89 bits per heavy atom. The fraction of sp³-hybridized carbons (Fsp3) is 0.407. The number of benzene rings is 1. The smallest absolute Gasteiger partial charge is 0.274 e. The van der Waals surface area contributed by atoms with E-state index in [1.54, 1.807) is 42.5 Å². The highest BCUT2D eigenvalue weighted by molar-refractivity contribution is 6.03. The number of nitrogens with one attached hydrogen (secondary N) is 2. The van der Waals surface area contributed by atoms with E-state index in [0.717, 1.165) is 36.4 Å². The quantitative estimate of drug-likeness (QED) is 0.438. The van der Waals surface area contributed by atoms with Gasteiger partial charge in [-0.05, 0) is 30.3 Å². The van der Waals surface area contributed by atoms with Gasteiger partial charge in [-0.1, -0.05) is 45.0 Å². The van der Waals surface area contributed by atoms with Crippen LogP contribution < -0.4 is 10.6 Å². The van der Waals surface area contributed by atoms with E-state index in [1.807, 2.05) is 20.8 Å². The van der Waals surface area contributed by atoms with Crippen molar-refractivity contribution in [2.75, 3.05) is 30.3 Å². The molecule has 4 rings (SSSR count). The second kappa shape index (κ2) is 11.0. The van der Waals surface area contributed by atoms with E-state index in [1.165, 1.54) is 6.20 Å². The van der Waals surface area contributed by atoms with Gasteiger partial charge < -0.3 is 15.2 Å². The van der Waals surface area contributed by atoms with Crippen LogP contribution in [0.3, 0.4) is 0 Å². The van der Waals surface area contributed by atoms with Crippen molar-refractivity contribution in [3.8, 4) is 0 Å². The molecule has 1 aromatic carbocycles. The maximum atomic E-state index is 12.6. The number of likely N-dealkylation sites (N-methyl/N-ethyl adjacent to an activating group) is 1. The average molecular weight is 506 g/mol. The molecule has 10 heteroatoms. The number of nitrogens with zero attached hydrogens (tertiary/aromatic N) is 4. The van der Waals surface area contributed by atoms with Crippen LogP contribution in [0.2, 0.25) is 0 Å². The molecule has 2 amide bonds. The van der Waals surface area contributed by atoms with Crippen LogP contribution in [0.5, 0.6) is 0 Å². The topological polar surface area (TPSA) is 120 Å². The van der Waals surface area contributed by atoms with Crippen LogP contribution in [0, 0.1) is 4.91 Å². The zero-order chi connectivity index (χ0) is 26.6. The molecule has 37 heavy (non-hydrogen) atoms. The van der Waals surface area contributed by atoms with Crippen molar-refractivity contribution < 1.29 is 18.9 Å². The predicted octanol–water partition coefficient (Wildman–Crippen LogP) is 4.31. The number of aromatic nitrogens is 2. The zero-order valence-corrected chi connectivity index (χ0v) is 21.7. The van der Waals surface area contributed by atoms with Gasteiger partial charge in [0.1, 0.15) is 17.7 Å². The second-order valence-electron chi connectivity index (χ2n) is 10.3. The summed E-state index contributed by atoms with van der Waals surface area (Å²) in [6, 6.07) is 11.8. The summed E-state index contributed by atoms with van der Waals surface area (Å²) in [4.78, 5) is 44.1. The van der Waals surface area contributed by atoms with Gasteiger partial charge >= 0.3 is 0 Å². The molecule has 0 bridgehead atoms. The van der Waals surface area contributed by atoms with E-state index >= 15 is 0 Å². The number of amides is 2. The molecule has 0 radical (unpaired) electrons. The second-order valence-corrected chi connectivity index (χ2v) is 10.3. The summed E-state index contributed by atoms with van der Waals surface area (Å²) in [6.07, 6.45) is 2.41. The van der Waals surface area contributed by atoms with E-state index in [-0.39, 0.29) is 35.4 Å². The normalized spacial score (nSPS) is 15.9. The third kappa shape index (κ3) is 6.65. The molecule has 1 atom stereocenters. The van der Waals surface area contributed by atoms with Gasteiger partial charge in [0.05, 0.1) is 13.0 Å². The molecule has 1 unspecified atom stereocenters. The largest absolute Gasteiger partial charge is 0.359 e. The minimum absolute atomic E-state index is 0.0982. The van der Waals surface area contributed by atoms with Gasteiger partial charge in [0.15, 0.2) is 5.82 Å². The van der Waals surface area contributed by atoms with E-state index in [2.05, 4.69) is 32.6 Å². The summed E-state index contributed by atoms with van der Waals surface area (Å²) < 4.78 is 6.28. The fourth-order valence-electron chi connectivity index (χ4n) is 4.11. The van der Waals surface area contributed by atoms with Crippen LogP contribution in [0.4, 0.5) is 17.2 Å². The lowest BCUT2D eigenvalue weighted by Gasteiger charge is -2.12. The Kier molecular flexibility index (Phi) is 7.77. The molecule has 1 saturated heterocycles. The molecule has 1 fully saturated rings. The summed E-state index contributed by atoms with van der Waals surface area (Å²) in [5, 5.41) is 9.43. The molecule has 1 aliphatic rings. The average Bonchev–Trinajstić information content (AvgIpc) is 3.55. The van der Waals surface area contributed by atoms with Crippen molar-refractivity contribution in [3.63, 3.8) is 0 Å². The predicted molar refractivity (Wildman–Crippen MR) is 140 cm³/mol. The first kappa shape index (κ1) is 26.2. The summed E-state index contributed by atoms with van der Waals surface area (Å²) >= 11 is 0. The molecular weight excluding hydrogens is 472 g/mol. The Bertz CT molecular complexity index is 1260. The Balaban J connectivity index is 1.29. The number of carbonyl (C=O) groups excluding carboxylic acids is 2. The molecular formula is C27H33N6O4+. The van der Waals surface area contributed by atoms with E-state index in [0.29, 0.717) is 23.0 Å². The lowest BCUT2D eigenvalue weighted by molar-refractivity contribution is -0.502. The number of anilines is 2. The SMILES string of the molecule is CCN1CCC([N+](=O)c2ccc(C(=O)Nc3ccc(CC(=O)Nc4cc(C(C)(C)C)on4)cc3)nc2)C1. The molecule has 0 spiro atoms. The van der Waals surface area contributed by atoms with Gasteiger partial charge in [-0.3, -0.25) is 14.5 Å². The molecule has 10 nitrogen and oxygen atoms in total. The van der Waals surface area contributed by atoms with Gasteiger partial charge in [-0.25, -0.2) is 4.98 Å². The molecule has 2 aromatic heterocycles. The Labute approximate surface area is 216 Å². The summed E-state index contributed by atoms with van der Waals surface area (Å²) in [5.74, 6) is 0.466. The van der Waals surface area contributed by atoms with Crippen molar-refractivity contribution in [2.45, 2.75) is 52.0 Å². The van der Waals surface area contributed by atoms with Crippen molar-refractivity contribution in [3.05, 3.63) is 70.6 Å². The molecule has 0 saturated carbocycles. The standard InChI is InChI=1S/C27H32N6O4/c1-5-32-13-12-21(17-32)33(36)20-10-11-22(28-16-20)26(35)29-19-8-6-18(7-9-19)14-25(34)30-24-15-23(37-31-24)27(2,3)4/h6-11,15-16,21H,5,12-14,17H2,1-4H3,(H-,29,30,31,34,35)/p+1. The number of hydrogen-bond donors (Lipinski definition) is 2. The van der Waals surface area contributed by atoms with Crippen molar-refractivity contribution in [1.29, 1.82) is 0 Å². The first-order valence-electron chi connectivity index (χ1n) is 12.4. The third-order valence-electron chi connectivity index (χ3n) is 6.35. The summed E-state index contributed by atoms with van der Waals surface area (Å²) in [5.41, 5.74) is 1.81. The number of carbonyl (C=O) groups is 2. The van der Waals surface area contributed by atoms with Crippen molar-refractivity contribution >= 4 is 29.0 Å². The Morgan fingerprint density at radius 1 is 1.14 bits per heavy atom. The minimum atomic E-state index is -0.381. The number of nitroso groups, excluding NO2 is 1. The van der Waals surface area contributed by atoms with Crippen LogP contribution in [-0.2, 0) is 16.6 Å². The van der Waals surface area contributed by atoms with Gasteiger partial charge in [0, 0.05) is 45.9 Å². The van der Waals surface area contributed by atoms with Crippen LogP contribution >= 0.6 is 0 Å². The zero-order valence-electron chi connectivity index (χ0n) is 21.7. The maximum Gasteiger partial charge on any atom is 0.274 e. The van der Waals surface area contributed by atoms with Crippen LogP contribution in [0.15, 0.2) is 53.2 Å². The molecule has 2 N–H and O–H groups in total. The van der Waals surface area contributed by atoms with Gasteiger partial charge in [0.25, 0.3) is 11.6 Å². The summed E-state index contributed by atoms with van der Waals surface area (Å²) in [6.45, 7) is 10.7. The third-order valence-corrected chi connectivity index (χ3v) is 6.35. The van der Waals surface area contributed by atoms with Crippen molar-refractivity contribution in [1.82, 2.24) is 15.0 Å². The minimum Gasteiger partial charge on any atom is -0.359 e. The Morgan fingerprint density at radius 3 is 2.49 bits per heavy atom. The lowest BCUT2D eigenvalue weighted by Crippen LogP contribution is -2.26. The molecule has 0 aliphatic carbocycles. The highest BCUT2D eigenvalue weighted by atomic mass is 16.5. The van der Waals surface area contributed by atoms with E-state index in [9.17, 15) is 14.5 Å². The van der Waals surface area contributed by atoms with Gasteiger partial charge in [0.2, 0.25) is 11.9 Å². The summed E-state index contributed by atoms with van der Waals surface area (Å²) in [7, 11) is 0. The Hall–Kier alpha value is -3.92. The molecule has 194 valence electrons. The monoisotopic (exact) mass is 505 g/mol. The molecule has 3 heterocycles. The maximum absolute atomic E-state index is 12.6. The molecule has 3 aromatic rings. The van der Waals surface area contributed by atoms with E-state index in [4.69, 9.17) is 4.52 Å². The van der Waals surface area contributed by atoms with Crippen molar-refractivity contribution in [2.24, 2.45) is 0 Å². The lowest BCUT2D eigenvalue weighted by atomic mass is 9.93. The van der Waals surface area contributed by atoms with Gasteiger partial charge in [-0.15, -0.1) is 0 Å². The number of pyridine rings is 1. The van der Waals surface area contributed by atoms with Crippen LogP contribution in [-0.4, -0.2) is 57.3 Å².